The van der Waals surface area contributed by atoms with Crippen molar-refractivity contribution in [3.05, 3.63) is 33.8 Å². The summed E-state index contributed by atoms with van der Waals surface area (Å²) in [6.07, 6.45) is 10.6. The molecule has 1 atom stereocenters. The zero-order valence-corrected chi connectivity index (χ0v) is 15.6. The average molecular weight is 354 g/mol. The van der Waals surface area contributed by atoms with Crippen molar-refractivity contribution in [2.24, 2.45) is 0 Å². The SMILES string of the molecule is CCCCCCCCC(NCCC)c1cc(C)ccc1Br. The highest BCUT2D eigenvalue weighted by Gasteiger charge is 2.13. The zero-order chi connectivity index (χ0) is 15.5. The van der Waals surface area contributed by atoms with E-state index in [-0.39, 0.29) is 0 Å². The molecule has 0 saturated heterocycles. The first kappa shape index (κ1) is 18.7. The average Bonchev–Trinajstić information content (AvgIpc) is 2.48. The number of hydrogen-bond donors (Lipinski definition) is 1. The molecule has 0 fully saturated rings. The predicted octanol–water partition coefficient (Wildman–Crippen LogP) is 6.55. The molecular weight excluding hydrogens is 322 g/mol. The van der Waals surface area contributed by atoms with Gasteiger partial charge in [-0.1, -0.05) is 86.0 Å². The fourth-order valence-corrected chi connectivity index (χ4v) is 3.27. The standard InChI is InChI=1S/C19H32BrN/c1-4-6-7-8-9-10-11-19(21-14-5-2)17-15-16(3)12-13-18(17)20/h12-13,15,19,21H,4-11,14H2,1-3H3. The van der Waals surface area contributed by atoms with Gasteiger partial charge in [-0.05, 0) is 37.9 Å². The second-order valence-corrected chi connectivity index (χ2v) is 6.94. The van der Waals surface area contributed by atoms with E-state index in [2.05, 4.69) is 60.2 Å². The first-order chi connectivity index (χ1) is 10.2. The summed E-state index contributed by atoms with van der Waals surface area (Å²) in [5.74, 6) is 0. The molecular formula is C19H32BrN. The first-order valence-electron chi connectivity index (χ1n) is 8.68. The lowest BCUT2D eigenvalue weighted by molar-refractivity contribution is 0.465. The Balaban J connectivity index is 2.52. The van der Waals surface area contributed by atoms with E-state index in [1.807, 2.05) is 0 Å². The quantitative estimate of drug-likeness (QED) is 0.444. The fraction of sp³-hybridized carbons (Fsp3) is 0.684. The Morgan fingerprint density at radius 3 is 2.43 bits per heavy atom. The number of benzene rings is 1. The highest BCUT2D eigenvalue weighted by molar-refractivity contribution is 9.10. The molecule has 0 radical (unpaired) electrons. The minimum Gasteiger partial charge on any atom is -0.310 e. The molecule has 0 saturated carbocycles. The molecule has 1 rings (SSSR count). The van der Waals surface area contributed by atoms with E-state index in [0.717, 1.165) is 6.54 Å². The number of nitrogens with one attached hydrogen (secondary N) is 1. The minimum atomic E-state index is 0.491. The lowest BCUT2D eigenvalue weighted by atomic mass is 9.98. The van der Waals surface area contributed by atoms with Crippen LogP contribution in [0.1, 0.15) is 82.4 Å². The van der Waals surface area contributed by atoms with Gasteiger partial charge in [0.05, 0.1) is 0 Å². The Morgan fingerprint density at radius 1 is 1.00 bits per heavy atom. The summed E-state index contributed by atoms with van der Waals surface area (Å²) in [5, 5.41) is 3.73. The van der Waals surface area contributed by atoms with Crippen LogP contribution in [-0.4, -0.2) is 6.54 Å². The van der Waals surface area contributed by atoms with Crippen LogP contribution in [0.15, 0.2) is 22.7 Å². The van der Waals surface area contributed by atoms with Crippen LogP contribution in [0.4, 0.5) is 0 Å². The number of hydrogen-bond acceptors (Lipinski definition) is 1. The molecule has 0 spiro atoms. The molecule has 21 heavy (non-hydrogen) atoms. The monoisotopic (exact) mass is 353 g/mol. The van der Waals surface area contributed by atoms with E-state index in [4.69, 9.17) is 0 Å². The van der Waals surface area contributed by atoms with E-state index < -0.39 is 0 Å². The van der Waals surface area contributed by atoms with Crippen LogP contribution in [0, 0.1) is 6.92 Å². The maximum Gasteiger partial charge on any atom is 0.0331 e. The largest absolute Gasteiger partial charge is 0.310 e. The van der Waals surface area contributed by atoms with E-state index >= 15 is 0 Å². The van der Waals surface area contributed by atoms with Gasteiger partial charge in [-0.2, -0.15) is 0 Å². The lowest BCUT2D eigenvalue weighted by Crippen LogP contribution is -2.22. The van der Waals surface area contributed by atoms with Crippen LogP contribution >= 0.6 is 15.9 Å². The molecule has 1 N–H and O–H groups in total. The van der Waals surface area contributed by atoms with Gasteiger partial charge in [0.25, 0.3) is 0 Å². The smallest absolute Gasteiger partial charge is 0.0331 e. The molecule has 0 amide bonds. The molecule has 2 heteroatoms. The van der Waals surface area contributed by atoms with Crippen molar-refractivity contribution in [3.63, 3.8) is 0 Å². The van der Waals surface area contributed by atoms with Gasteiger partial charge in [0, 0.05) is 10.5 Å². The molecule has 0 aliphatic rings. The highest BCUT2D eigenvalue weighted by atomic mass is 79.9. The molecule has 0 aromatic heterocycles. The zero-order valence-electron chi connectivity index (χ0n) is 14.1. The highest BCUT2D eigenvalue weighted by Crippen LogP contribution is 2.28. The van der Waals surface area contributed by atoms with Crippen LogP contribution in [0.3, 0.4) is 0 Å². The van der Waals surface area contributed by atoms with Crippen molar-refractivity contribution in [1.82, 2.24) is 5.32 Å². The van der Waals surface area contributed by atoms with Crippen molar-refractivity contribution < 1.29 is 0 Å². The van der Waals surface area contributed by atoms with Crippen LogP contribution < -0.4 is 5.32 Å². The Labute approximate surface area is 140 Å². The normalized spacial score (nSPS) is 12.6. The number of aryl methyl sites for hydroxylation is 1. The first-order valence-corrected chi connectivity index (χ1v) is 9.47. The van der Waals surface area contributed by atoms with Crippen LogP contribution in [-0.2, 0) is 0 Å². The van der Waals surface area contributed by atoms with Crippen molar-refractivity contribution in [2.75, 3.05) is 6.54 Å². The van der Waals surface area contributed by atoms with Crippen LogP contribution in [0.25, 0.3) is 0 Å². The van der Waals surface area contributed by atoms with E-state index in [1.54, 1.807) is 0 Å². The predicted molar refractivity (Wildman–Crippen MR) is 97.9 cm³/mol. The second-order valence-electron chi connectivity index (χ2n) is 6.09. The van der Waals surface area contributed by atoms with Gasteiger partial charge in [-0.15, -0.1) is 0 Å². The Morgan fingerprint density at radius 2 is 1.71 bits per heavy atom. The van der Waals surface area contributed by atoms with Gasteiger partial charge in [0.15, 0.2) is 0 Å². The van der Waals surface area contributed by atoms with Crippen molar-refractivity contribution >= 4 is 15.9 Å². The topological polar surface area (TPSA) is 12.0 Å². The summed E-state index contributed by atoms with van der Waals surface area (Å²) in [5.41, 5.74) is 2.77. The molecule has 0 aliphatic carbocycles. The Bertz CT molecular complexity index is 389. The van der Waals surface area contributed by atoms with Crippen molar-refractivity contribution in [2.45, 2.75) is 78.2 Å². The Kier molecular flexibility index (Phi) is 10.0. The summed E-state index contributed by atoms with van der Waals surface area (Å²) in [6.45, 7) is 7.79. The number of halogens is 1. The molecule has 1 aromatic carbocycles. The number of rotatable bonds is 11. The summed E-state index contributed by atoms with van der Waals surface area (Å²) < 4.78 is 1.24. The van der Waals surface area contributed by atoms with E-state index in [1.165, 1.54) is 67.0 Å². The van der Waals surface area contributed by atoms with Crippen LogP contribution in [0.2, 0.25) is 0 Å². The summed E-state index contributed by atoms with van der Waals surface area (Å²) >= 11 is 3.73. The molecule has 120 valence electrons. The molecule has 0 bridgehead atoms. The summed E-state index contributed by atoms with van der Waals surface area (Å²) in [4.78, 5) is 0. The van der Waals surface area contributed by atoms with E-state index in [0.29, 0.717) is 6.04 Å². The molecule has 1 aromatic rings. The summed E-state index contributed by atoms with van der Waals surface area (Å²) in [7, 11) is 0. The van der Waals surface area contributed by atoms with E-state index in [9.17, 15) is 0 Å². The third-order valence-electron chi connectivity index (χ3n) is 4.01. The maximum absolute atomic E-state index is 3.73. The van der Waals surface area contributed by atoms with Crippen LogP contribution in [0.5, 0.6) is 0 Å². The molecule has 1 unspecified atom stereocenters. The lowest BCUT2D eigenvalue weighted by Gasteiger charge is -2.21. The summed E-state index contributed by atoms with van der Waals surface area (Å²) in [6, 6.07) is 7.18. The van der Waals surface area contributed by atoms with Gasteiger partial charge in [-0.25, -0.2) is 0 Å². The maximum atomic E-state index is 3.73. The van der Waals surface area contributed by atoms with Crippen molar-refractivity contribution in [1.29, 1.82) is 0 Å². The molecule has 0 aliphatic heterocycles. The van der Waals surface area contributed by atoms with Gasteiger partial charge < -0.3 is 5.32 Å². The van der Waals surface area contributed by atoms with Gasteiger partial charge in [0.1, 0.15) is 0 Å². The van der Waals surface area contributed by atoms with Crippen molar-refractivity contribution in [3.8, 4) is 0 Å². The number of unbranched alkanes of at least 4 members (excludes halogenated alkanes) is 5. The Hall–Kier alpha value is -0.340. The third kappa shape index (κ3) is 7.46. The second kappa shape index (κ2) is 11.3. The molecule has 0 heterocycles. The molecule has 1 nitrogen and oxygen atoms in total. The van der Waals surface area contributed by atoms with Gasteiger partial charge in [-0.3, -0.25) is 0 Å². The third-order valence-corrected chi connectivity index (χ3v) is 4.74. The van der Waals surface area contributed by atoms with Gasteiger partial charge >= 0.3 is 0 Å². The fourth-order valence-electron chi connectivity index (χ4n) is 2.75. The minimum absolute atomic E-state index is 0.491. The van der Waals surface area contributed by atoms with Gasteiger partial charge in [0.2, 0.25) is 0 Å².